The van der Waals surface area contributed by atoms with Crippen molar-refractivity contribution in [1.82, 2.24) is 4.98 Å². The molecule has 0 aliphatic heterocycles. The maximum absolute atomic E-state index is 13.0. The second-order valence-electron chi connectivity index (χ2n) is 8.31. The Balaban J connectivity index is 0.00000192. The maximum Gasteiger partial charge on any atom is 0.235 e. The number of ether oxygens (including phenoxy) is 1. The normalized spacial score (nSPS) is 18.9. The van der Waals surface area contributed by atoms with Gasteiger partial charge in [0, 0.05) is 29.1 Å². The standard InChI is InChI=1S/C23H24N2O2.H2/c1-22(8-9-22)20-13-15-12-17(6-7-19(15)25-20)24-21(26)23(10-11-23)16-4-3-5-18(14-16)27-2;/h3-7,12-14,25H,8-11H2,1-2H3,(H,24,26);1H. The Hall–Kier alpha value is -2.75. The number of nitrogens with one attached hydrogen (secondary N) is 2. The molecule has 1 aromatic heterocycles. The van der Waals surface area contributed by atoms with Crippen molar-refractivity contribution in [3.05, 3.63) is 59.8 Å². The molecular weight excluding hydrogens is 336 g/mol. The van der Waals surface area contributed by atoms with Crippen LogP contribution in [-0.4, -0.2) is 18.0 Å². The van der Waals surface area contributed by atoms with Crippen LogP contribution < -0.4 is 10.1 Å². The Morgan fingerprint density at radius 3 is 2.63 bits per heavy atom. The van der Waals surface area contributed by atoms with Crippen LogP contribution in [0, 0.1) is 0 Å². The molecule has 5 rings (SSSR count). The molecule has 0 atom stereocenters. The predicted octanol–water partition coefficient (Wildman–Crippen LogP) is 5.14. The Morgan fingerprint density at radius 2 is 1.93 bits per heavy atom. The van der Waals surface area contributed by atoms with Crippen molar-refractivity contribution in [2.45, 2.75) is 43.4 Å². The molecule has 0 radical (unpaired) electrons. The number of benzene rings is 2. The van der Waals surface area contributed by atoms with Crippen LogP contribution >= 0.6 is 0 Å². The number of aromatic nitrogens is 1. The number of methoxy groups -OCH3 is 1. The van der Waals surface area contributed by atoms with Gasteiger partial charge in [0.1, 0.15) is 5.75 Å². The molecule has 2 N–H and O–H groups in total. The number of hydrogen-bond donors (Lipinski definition) is 2. The van der Waals surface area contributed by atoms with Gasteiger partial charge in [-0.25, -0.2) is 0 Å². The second-order valence-corrected chi connectivity index (χ2v) is 8.31. The number of anilines is 1. The fourth-order valence-electron chi connectivity index (χ4n) is 3.94. The Kier molecular flexibility index (Phi) is 3.42. The van der Waals surface area contributed by atoms with E-state index < -0.39 is 5.41 Å². The summed E-state index contributed by atoms with van der Waals surface area (Å²) in [6.07, 6.45) is 4.24. The van der Waals surface area contributed by atoms with Crippen molar-refractivity contribution in [3.8, 4) is 5.75 Å². The SMILES string of the molecule is COc1cccc(C2(C(=O)Nc3ccc4[nH]c(C5(C)CC5)cc4c3)CC2)c1.[HH]. The van der Waals surface area contributed by atoms with Gasteiger partial charge in [-0.3, -0.25) is 4.79 Å². The maximum atomic E-state index is 13.0. The Bertz CT molecular complexity index is 1050. The smallest absolute Gasteiger partial charge is 0.235 e. The zero-order valence-electron chi connectivity index (χ0n) is 15.8. The molecule has 1 heterocycles. The van der Waals surface area contributed by atoms with E-state index in [1.54, 1.807) is 7.11 Å². The first kappa shape index (κ1) is 16.4. The summed E-state index contributed by atoms with van der Waals surface area (Å²) in [7, 11) is 1.65. The van der Waals surface area contributed by atoms with Crippen LogP contribution in [0.1, 0.15) is 45.3 Å². The van der Waals surface area contributed by atoms with Gasteiger partial charge in [-0.15, -0.1) is 0 Å². The molecular formula is C23H26N2O2. The second kappa shape index (κ2) is 5.62. The van der Waals surface area contributed by atoms with Crippen LogP contribution in [-0.2, 0) is 15.6 Å². The number of carbonyl (C=O) groups is 1. The summed E-state index contributed by atoms with van der Waals surface area (Å²) in [6.45, 7) is 2.30. The molecule has 2 aliphatic carbocycles. The van der Waals surface area contributed by atoms with Gasteiger partial charge in [0.05, 0.1) is 12.5 Å². The quantitative estimate of drug-likeness (QED) is 0.660. The summed E-state index contributed by atoms with van der Waals surface area (Å²) in [5.41, 5.74) is 4.21. The molecule has 1 amide bonds. The van der Waals surface area contributed by atoms with Crippen LogP contribution in [0.5, 0.6) is 5.75 Å². The zero-order valence-corrected chi connectivity index (χ0v) is 15.8. The summed E-state index contributed by atoms with van der Waals surface area (Å²) in [4.78, 5) is 16.6. The minimum atomic E-state index is -0.422. The number of amides is 1. The number of fused-ring (bicyclic) bond motifs is 1. The Morgan fingerprint density at radius 1 is 1.11 bits per heavy atom. The highest BCUT2D eigenvalue weighted by Crippen LogP contribution is 2.50. The number of hydrogen-bond acceptors (Lipinski definition) is 2. The molecule has 0 unspecified atom stereocenters. The molecule has 0 bridgehead atoms. The van der Waals surface area contributed by atoms with Crippen molar-refractivity contribution < 1.29 is 11.0 Å². The van der Waals surface area contributed by atoms with E-state index in [-0.39, 0.29) is 7.33 Å². The van der Waals surface area contributed by atoms with Gasteiger partial charge in [-0.1, -0.05) is 19.1 Å². The molecule has 0 saturated heterocycles. The minimum Gasteiger partial charge on any atom is -0.497 e. The fourth-order valence-corrected chi connectivity index (χ4v) is 3.94. The van der Waals surface area contributed by atoms with Crippen molar-refractivity contribution in [2.75, 3.05) is 12.4 Å². The van der Waals surface area contributed by atoms with Crippen LogP contribution in [0.15, 0.2) is 48.5 Å². The molecule has 0 spiro atoms. The molecule has 3 aromatic rings. The van der Waals surface area contributed by atoms with Gasteiger partial charge in [0.15, 0.2) is 0 Å². The van der Waals surface area contributed by atoms with Crippen molar-refractivity contribution in [1.29, 1.82) is 0 Å². The highest BCUT2D eigenvalue weighted by Gasteiger charge is 2.51. The van der Waals surface area contributed by atoms with E-state index in [1.165, 1.54) is 18.5 Å². The van der Waals surface area contributed by atoms with Gasteiger partial charge >= 0.3 is 0 Å². The van der Waals surface area contributed by atoms with Crippen molar-refractivity contribution in [2.24, 2.45) is 0 Å². The largest absolute Gasteiger partial charge is 0.497 e. The third-order valence-corrected chi connectivity index (χ3v) is 6.34. The molecule has 140 valence electrons. The van der Waals surface area contributed by atoms with Gasteiger partial charge in [-0.05, 0) is 67.6 Å². The van der Waals surface area contributed by atoms with E-state index >= 15 is 0 Å². The number of carbonyl (C=O) groups excluding carboxylic acids is 1. The lowest BCUT2D eigenvalue weighted by Crippen LogP contribution is -2.27. The number of aromatic amines is 1. The Labute approximate surface area is 160 Å². The first-order valence-corrected chi connectivity index (χ1v) is 9.62. The zero-order chi connectivity index (χ0) is 18.6. The molecule has 2 aromatic carbocycles. The molecule has 4 heteroatoms. The topological polar surface area (TPSA) is 54.1 Å². The third kappa shape index (κ3) is 2.71. The van der Waals surface area contributed by atoms with Gasteiger partial charge in [-0.2, -0.15) is 0 Å². The summed E-state index contributed by atoms with van der Waals surface area (Å²) in [5.74, 6) is 0.862. The van der Waals surface area contributed by atoms with Crippen LogP contribution in [0.2, 0.25) is 0 Å². The molecule has 4 nitrogen and oxygen atoms in total. The molecule has 2 saturated carbocycles. The first-order chi connectivity index (χ1) is 13.0. The van der Waals surface area contributed by atoms with Gasteiger partial charge in [0.2, 0.25) is 5.91 Å². The summed E-state index contributed by atoms with van der Waals surface area (Å²) < 4.78 is 5.32. The highest BCUT2D eigenvalue weighted by molar-refractivity contribution is 6.02. The van der Waals surface area contributed by atoms with E-state index in [1.807, 2.05) is 30.3 Å². The van der Waals surface area contributed by atoms with E-state index in [4.69, 9.17) is 4.74 Å². The average Bonchev–Trinajstić information content (AvgIpc) is 3.59. The average molecular weight is 362 g/mol. The van der Waals surface area contributed by atoms with E-state index in [2.05, 4.69) is 35.4 Å². The molecule has 2 fully saturated rings. The van der Waals surface area contributed by atoms with E-state index in [0.29, 0.717) is 5.41 Å². The lowest BCUT2D eigenvalue weighted by molar-refractivity contribution is -0.118. The summed E-state index contributed by atoms with van der Waals surface area (Å²) >= 11 is 0. The number of H-pyrrole nitrogens is 1. The molecule has 27 heavy (non-hydrogen) atoms. The lowest BCUT2D eigenvalue weighted by Gasteiger charge is -2.16. The number of rotatable bonds is 5. The van der Waals surface area contributed by atoms with Crippen molar-refractivity contribution in [3.63, 3.8) is 0 Å². The van der Waals surface area contributed by atoms with Crippen molar-refractivity contribution >= 4 is 22.5 Å². The monoisotopic (exact) mass is 362 g/mol. The van der Waals surface area contributed by atoms with Crippen LogP contribution in [0.3, 0.4) is 0 Å². The minimum absolute atomic E-state index is 0. The summed E-state index contributed by atoms with van der Waals surface area (Å²) in [6, 6.07) is 16.2. The lowest BCUT2D eigenvalue weighted by atomic mass is 9.94. The van der Waals surface area contributed by atoms with E-state index in [9.17, 15) is 4.79 Å². The van der Waals surface area contributed by atoms with Crippen LogP contribution in [0.25, 0.3) is 10.9 Å². The highest BCUT2D eigenvalue weighted by atomic mass is 16.5. The molecule has 2 aliphatic rings. The third-order valence-electron chi connectivity index (χ3n) is 6.34. The van der Waals surface area contributed by atoms with Crippen LogP contribution in [0.4, 0.5) is 5.69 Å². The predicted molar refractivity (Wildman–Crippen MR) is 110 cm³/mol. The van der Waals surface area contributed by atoms with E-state index in [0.717, 1.165) is 40.7 Å². The first-order valence-electron chi connectivity index (χ1n) is 9.62. The van der Waals surface area contributed by atoms with Gasteiger partial charge in [0.25, 0.3) is 0 Å². The fraction of sp³-hybridized carbons (Fsp3) is 0.348. The summed E-state index contributed by atoms with van der Waals surface area (Å²) in [5, 5.41) is 4.30. The van der Waals surface area contributed by atoms with Gasteiger partial charge < -0.3 is 15.0 Å².